The number of nitrogens with one attached hydrogen (secondary N) is 2. The molecule has 4 N–H and O–H groups in total. The summed E-state index contributed by atoms with van der Waals surface area (Å²) in [6.45, 7) is 2.05. The number of amides is 2. The van der Waals surface area contributed by atoms with Gasteiger partial charge in [0.15, 0.2) is 0 Å². The Morgan fingerprint density at radius 3 is 2.58 bits per heavy atom. The average Bonchev–Trinajstić information content (AvgIpc) is 2.62. The van der Waals surface area contributed by atoms with Gasteiger partial charge in [-0.2, -0.15) is 0 Å². The summed E-state index contributed by atoms with van der Waals surface area (Å²) in [5.74, 6) is 0.231. The van der Waals surface area contributed by atoms with E-state index >= 15 is 0 Å². The second kappa shape index (κ2) is 8.68. The maximum absolute atomic E-state index is 12.5. The Kier molecular flexibility index (Phi) is 6.61. The lowest BCUT2D eigenvalue weighted by molar-refractivity contribution is -0.121. The molecular formula is C18H27N3O3. The highest BCUT2D eigenvalue weighted by atomic mass is 16.5. The van der Waals surface area contributed by atoms with E-state index in [9.17, 15) is 9.59 Å². The van der Waals surface area contributed by atoms with Crippen molar-refractivity contribution in [1.82, 2.24) is 0 Å². The van der Waals surface area contributed by atoms with Gasteiger partial charge in [0.2, 0.25) is 11.8 Å². The molecule has 132 valence electrons. The third-order valence-electron chi connectivity index (χ3n) is 4.50. The van der Waals surface area contributed by atoms with Crippen molar-refractivity contribution in [3.8, 4) is 5.75 Å². The van der Waals surface area contributed by atoms with Crippen molar-refractivity contribution in [2.45, 2.75) is 39.0 Å². The van der Waals surface area contributed by atoms with Gasteiger partial charge in [-0.1, -0.05) is 26.2 Å². The Balaban J connectivity index is 2.10. The smallest absolute Gasteiger partial charge is 0.228 e. The molecule has 0 aromatic heterocycles. The van der Waals surface area contributed by atoms with Crippen LogP contribution in [0, 0.1) is 11.8 Å². The van der Waals surface area contributed by atoms with Gasteiger partial charge in [-0.05, 0) is 31.0 Å². The van der Waals surface area contributed by atoms with Crippen LogP contribution < -0.4 is 21.1 Å². The molecule has 0 spiro atoms. The second-order valence-electron chi connectivity index (χ2n) is 6.37. The van der Waals surface area contributed by atoms with Crippen LogP contribution in [0.5, 0.6) is 5.75 Å². The van der Waals surface area contributed by atoms with Gasteiger partial charge in [-0.3, -0.25) is 9.59 Å². The zero-order chi connectivity index (χ0) is 17.5. The van der Waals surface area contributed by atoms with Crippen LogP contribution in [0.3, 0.4) is 0 Å². The van der Waals surface area contributed by atoms with E-state index in [4.69, 9.17) is 10.5 Å². The molecule has 0 saturated heterocycles. The molecule has 6 nitrogen and oxygen atoms in total. The van der Waals surface area contributed by atoms with Gasteiger partial charge in [-0.15, -0.1) is 0 Å². The van der Waals surface area contributed by atoms with E-state index < -0.39 is 0 Å². The first kappa shape index (κ1) is 18.3. The fraction of sp³-hybridized carbons (Fsp3) is 0.556. The molecule has 0 heterocycles. The summed E-state index contributed by atoms with van der Waals surface area (Å²) in [6, 6.07) is 5.20. The molecule has 0 bridgehead atoms. The Labute approximate surface area is 143 Å². The molecule has 2 rings (SSSR count). The maximum atomic E-state index is 12.5. The lowest BCUT2D eigenvalue weighted by Gasteiger charge is -2.21. The summed E-state index contributed by atoms with van der Waals surface area (Å²) in [6.07, 6.45) is 5.26. The zero-order valence-corrected chi connectivity index (χ0v) is 14.4. The Hall–Kier alpha value is -2.08. The summed E-state index contributed by atoms with van der Waals surface area (Å²) >= 11 is 0. The van der Waals surface area contributed by atoms with Crippen LogP contribution >= 0.6 is 0 Å². The molecule has 0 radical (unpaired) electrons. The van der Waals surface area contributed by atoms with Crippen molar-refractivity contribution in [3.05, 3.63) is 18.2 Å². The van der Waals surface area contributed by atoms with E-state index in [1.807, 2.05) is 0 Å². The minimum atomic E-state index is -0.271. The number of ether oxygens (including phenoxy) is 1. The van der Waals surface area contributed by atoms with Gasteiger partial charge in [0, 0.05) is 24.1 Å². The molecule has 24 heavy (non-hydrogen) atoms. The average molecular weight is 333 g/mol. The van der Waals surface area contributed by atoms with E-state index in [-0.39, 0.29) is 30.2 Å². The van der Waals surface area contributed by atoms with Crippen molar-refractivity contribution in [2.24, 2.45) is 17.6 Å². The predicted molar refractivity (Wildman–Crippen MR) is 95.0 cm³/mol. The van der Waals surface area contributed by atoms with Crippen molar-refractivity contribution in [2.75, 3.05) is 24.3 Å². The van der Waals surface area contributed by atoms with E-state index in [1.54, 1.807) is 32.2 Å². The van der Waals surface area contributed by atoms with Gasteiger partial charge in [0.1, 0.15) is 5.75 Å². The van der Waals surface area contributed by atoms with Gasteiger partial charge in [-0.25, -0.2) is 0 Å². The molecule has 6 heteroatoms. The Morgan fingerprint density at radius 1 is 1.25 bits per heavy atom. The van der Waals surface area contributed by atoms with Crippen molar-refractivity contribution >= 4 is 23.2 Å². The van der Waals surface area contributed by atoms with E-state index in [0.29, 0.717) is 17.1 Å². The summed E-state index contributed by atoms with van der Waals surface area (Å²) in [5.41, 5.74) is 6.70. The summed E-state index contributed by atoms with van der Waals surface area (Å²) in [5, 5.41) is 5.76. The topological polar surface area (TPSA) is 93.4 Å². The predicted octanol–water partition coefficient (Wildman–Crippen LogP) is 2.75. The molecule has 1 fully saturated rings. The van der Waals surface area contributed by atoms with Crippen molar-refractivity contribution in [3.63, 3.8) is 0 Å². The number of benzene rings is 1. The quantitative estimate of drug-likeness (QED) is 0.746. The number of anilines is 2. The number of rotatable bonds is 6. The van der Waals surface area contributed by atoms with Crippen LogP contribution in [0.25, 0.3) is 0 Å². The Morgan fingerprint density at radius 2 is 1.96 bits per heavy atom. The molecule has 2 amide bonds. The summed E-state index contributed by atoms with van der Waals surface area (Å²) in [7, 11) is 1.56. The zero-order valence-electron chi connectivity index (χ0n) is 14.4. The summed E-state index contributed by atoms with van der Waals surface area (Å²) < 4.78 is 5.31. The molecule has 1 saturated carbocycles. The highest BCUT2D eigenvalue weighted by Crippen LogP contribution is 2.30. The van der Waals surface area contributed by atoms with Gasteiger partial charge in [0.25, 0.3) is 0 Å². The first-order chi connectivity index (χ1) is 11.5. The molecule has 1 aliphatic rings. The normalized spacial score (nSPS) is 16.3. The number of carbonyl (C=O) groups is 2. The van der Waals surface area contributed by atoms with Crippen molar-refractivity contribution < 1.29 is 14.3 Å². The molecule has 1 aliphatic carbocycles. The van der Waals surface area contributed by atoms with E-state index in [0.717, 1.165) is 25.7 Å². The SMILES string of the molecule is COc1ccc(NC(=O)C(C)CN)cc1NC(=O)C1CCCCC1. The standard InChI is InChI=1S/C18H27N3O3/c1-12(11-19)17(22)20-14-8-9-16(24-2)15(10-14)21-18(23)13-6-4-3-5-7-13/h8-10,12-13H,3-7,11,19H2,1-2H3,(H,20,22)(H,21,23). The Bertz CT molecular complexity index is 583. The number of nitrogens with two attached hydrogens (primary N) is 1. The largest absolute Gasteiger partial charge is 0.495 e. The summed E-state index contributed by atoms with van der Waals surface area (Å²) in [4.78, 5) is 24.4. The fourth-order valence-corrected chi connectivity index (χ4v) is 2.86. The van der Waals surface area contributed by atoms with Crippen LogP contribution in [-0.4, -0.2) is 25.5 Å². The van der Waals surface area contributed by atoms with Crippen LogP contribution in [0.2, 0.25) is 0 Å². The van der Waals surface area contributed by atoms with Gasteiger partial charge < -0.3 is 21.1 Å². The first-order valence-electron chi connectivity index (χ1n) is 8.55. The second-order valence-corrected chi connectivity index (χ2v) is 6.37. The lowest BCUT2D eigenvalue weighted by atomic mass is 9.88. The highest BCUT2D eigenvalue weighted by Gasteiger charge is 2.22. The minimum Gasteiger partial charge on any atom is -0.495 e. The lowest BCUT2D eigenvalue weighted by Crippen LogP contribution is -2.27. The monoisotopic (exact) mass is 333 g/mol. The number of carbonyl (C=O) groups excluding carboxylic acids is 2. The van der Waals surface area contributed by atoms with Crippen LogP contribution in [0.1, 0.15) is 39.0 Å². The van der Waals surface area contributed by atoms with Crippen LogP contribution in [0.4, 0.5) is 11.4 Å². The highest BCUT2D eigenvalue weighted by molar-refractivity contribution is 5.97. The number of hydrogen-bond acceptors (Lipinski definition) is 4. The molecule has 0 aliphatic heterocycles. The van der Waals surface area contributed by atoms with Crippen molar-refractivity contribution in [1.29, 1.82) is 0 Å². The number of methoxy groups -OCH3 is 1. The third kappa shape index (κ3) is 4.71. The molecule has 1 aromatic carbocycles. The first-order valence-corrected chi connectivity index (χ1v) is 8.55. The maximum Gasteiger partial charge on any atom is 0.228 e. The van der Waals surface area contributed by atoms with E-state index in [1.165, 1.54) is 6.42 Å². The molecular weight excluding hydrogens is 306 g/mol. The third-order valence-corrected chi connectivity index (χ3v) is 4.50. The van der Waals surface area contributed by atoms with Crippen LogP contribution in [-0.2, 0) is 9.59 Å². The minimum absolute atomic E-state index is 0.0202. The molecule has 1 unspecified atom stereocenters. The molecule has 1 aromatic rings. The van der Waals surface area contributed by atoms with Gasteiger partial charge in [0.05, 0.1) is 12.8 Å². The van der Waals surface area contributed by atoms with E-state index in [2.05, 4.69) is 10.6 Å². The molecule has 1 atom stereocenters. The fourth-order valence-electron chi connectivity index (χ4n) is 2.86. The number of hydrogen-bond donors (Lipinski definition) is 3. The van der Waals surface area contributed by atoms with Crippen LogP contribution in [0.15, 0.2) is 18.2 Å². The van der Waals surface area contributed by atoms with Gasteiger partial charge >= 0.3 is 0 Å².